The molecule has 1 aliphatic rings. The van der Waals surface area contributed by atoms with Gasteiger partial charge >= 0.3 is 0 Å². The van der Waals surface area contributed by atoms with Gasteiger partial charge in [0.2, 0.25) is 0 Å². The Hall–Kier alpha value is -1.11. The van der Waals surface area contributed by atoms with Crippen molar-refractivity contribution in [2.45, 2.75) is 38.5 Å². The molecule has 0 radical (unpaired) electrons. The molecule has 0 spiro atoms. The molecule has 1 aromatic rings. The minimum absolute atomic E-state index is 0.724. The summed E-state index contributed by atoms with van der Waals surface area (Å²) >= 11 is 0. The molecular weight excluding hydrogens is 184 g/mol. The highest BCUT2D eigenvalue weighted by atomic mass is 16.1. The average Bonchev–Trinajstić information content (AvgIpc) is 2.30. The van der Waals surface area contributed by atoms with Gasteiger partial charge in [-0.2, -0.15) is 0 Å². The summed E-state index contributed by atoms with van der Waals surface area (Å²) in [6.45, 7) is 2.34. The van der Waals surface area contributed by atoms with Gasteiger partial charge in [0.15, 0.2) is 0 Å². The summed E-state index contributed by atoms with van der Waals surface area (Å²) in [5.74, 6) is 1.62. The van der Waals surface area contributed by atoms with Crippen LogP contribution in [-0.4, -0.2) is 6.29 Å². The third-order valence-electron chi connectivity index (χ3n) is 3.56. The van der Waals surface area contributed by atoms with Crippen molar-refractivity contribution in [2.24, 2.45) is 5.92 Å². The predicted octanol–water partition coefficient (Wildman–Crippen LogP) is 3.79. The van der Waals surface area contributed by atoms with E-state index in [0.29, 0.717) is 0 Å². The maximum atomic E-state index is 10.5. The fourth-order valence-electron chi connectivity index (χ4n) is 2.44. The summed E-state index contributed by atoms with van der Waals surface area (Å²) in [7, 11) is 0. The first-order chi connectivity index (χ1) is 7.29. The molecule has 1 nitrogen and oxygen atoms in total. The molecule has 0 heterocycles. The van der Waals surface area contributed by atoms with Gasteiger partial charge in [-0.15, -0.1) is 0 Å². The van der Waals surface area contributed by atoms with Crippen molar-refractivity contribution in [2.75, 3.05) is 0 Å². The van der Waals surface area contributed by atoms with Crippen LogP contribution in [-0.2, 0) is 0 Å². The summed E-state index contributed by atoms with van der Waals surface area (Å²) in [5.41, 5.74) is 2.19. The van der Waals surface area contributed by atoms with Crippen LogP contribution in [0.25, 0.3) is 0 Å². The van der Waals surface area contributed by atoms with E-state index < -0.39 is 0 Å². The summed E-state index contributed by atoms with van der Waals surface area (Å²) in [6, 6.07) is 8.09. The van der Waals surface area contributed by atoms with Gasteiger partial charge in [-0.1, -0.05) is 44.0 Å². The van der Waals surface area contributed by atoms with Crippen LogP contribution < -0.4 is 0 Å². The van der Waals surface area contributed by atoms with Gasteiger partial charge < -0.3 is 0 Å². The Morgan fingerprint density at radius 3 is 2.20 bits per heavy atom. The van der Waals surface area contributed by atoms with Crippen LogP contribution in [0.4, 0.5) is 0 Å². The Morgan fingerprint density at radius 2 is 1.67 bits per heavy atom. The third kappa shape index (κ3) is 2.47. The van der Waals surface area contributed by atoms with Crippen molar-refractivity contribution in [1.29, 1.82) is 0 Å². The highest BCUT2D eigenvalue weighted by Gasteiger charge is 2.19. The molecule has 0 aliphatic heterocycles. The smallest absolute Gasteiger partial charge is 0.150 e. The lowest BCUT2D eigenvalue weighted by atomic mass is 9.79. The van der Waals surface area contributed by atoms with Gasteiger partial charge in [-0.25, -0.2) is 0 Å². The van der Waals surface area contributed by atoms with Gasteiger partial charge in [-0.3, -0.25) is 4.79 Å². The SMILES string of the molecule is C[C@H]1CC[C@H](c2ccc(C=O)cc2)CC1. The molecule has 2 rings (SSSR count). The number of benzene rings is 1. The first kappa shape index (κ1) is 10.4. The molecule has 0 atom stereocenters. The van der Waals surface area contributed by atoms with Crippen LogP contribution in [0.1, 0.15) is 54.4 Å². The predicted molar refractivity (Wildman–Crippen MR) is 62.2 cm³/mol. The highest BCUT2D eigenvalue weighted by molar-refractivity contribution is 5.74. The second-order valence-electron chi connectivity index (χ2n) is 4.74. The van der Waals surface area contributed by atoms with Crippen molar-refractivity contribution >= 4 is 6.29 Å². The van der Waals surface area contributed by atoms with E-state index in [0.717, 1.165) is 23.7 Å². The summed E-state index contributed by atoms with van der Waals surface area (Å²) in [4.78, 5) is 10.5. The maximum absolute atomic E-state index is 10.5. The maximum Gasteiger partial charge on any atom is 0.150 e. The minimum Gasteiger partial charge on any atom is -0.298 e. The van der Waals surface area contributed by atoms with Gasteiger partial charge in [0.1, 0.15) is 6.29 Å². The lowest BCUT2D eigenvalue weighted by molar-refractivity contribution is 0.112. The quantitative estimate of drug-likeness (QED) is 0.667. The number of aldehydes is 1. The van der Waals surface area contributed by atoms with Crippen molar-refractivity contribution < 1.29 is 4.79 Å². The van der Waals surface area contributed by atoms with Crippen molar-refractivity contribution in [3.05, 3.63) is 35.4 Å². The lowest BCUT2D eigenvalue weighted by Gasteiger charge is -2.26. The van der Waals surface area contributed by atoms with Crippen molar-refractivity contribution in [3.63, 3.8) is 0 Å². The fraction of sp³-hybridized carbons (Fsp3) is 0.500. The van der Waals surface area contributed by atoms with E-state index in [1.165, 1.54) is 31.2 Å². The standard InChI is InChI=1S/C14H18O/c1-11-2-6-13(7-3-11)14-8-4-12(10-15)5-9-14/h4-5,8-11,13H,2-3,6-7H2,1H3/t11-,13-. The Bertz CT molecular complexity index is 318. The Balaban J connectivity index is 2.06. The van der Waals surface area contributed by atoms with Gasteiger partial charge in [0.05, 0.1) is 0 Å². The van der Waals surface area contributed by atoms with Gasteiger partial charge in [0, 0.05) is 5.56 Å². The fourth-order valence-corrected chi connectivity index (χ4v) is 2.44. The summed E-state index contributed by atoms with van der Waals surface area (Å²) in [6.07, 6.45) is 6.22. The summed E-state index contributed by atoms with van der Waals surface area (Å²) < 4.78 is 0. The second-order valence-corrected chi connectivity index (χ2v) is 4.74. The molecular formula is C14H18O. The monoisotopic (exact) mass is 202 g/mol. The Labute approximate surface area is 91.5 Å². The van der Waals surface area contributed by atoms with E-state index in [2.05, 4.69) is 19.1 Å². The molecule has 1 aliphatic carbocycles. The van der Waals surface area contributed by atoms with E-state index in [4.69, 9.17) is 0 Å². The van der Waals surface area contributed by atoms with Crippen molar-refractivity contribution in [3.8, 4) is 0 Å². The zero-order valence-corrected chi connectivity index (χ0v) is 9.28. The first-order valence-electron chi connectivity index (χ1n) is 5.84. The van der Waals surface area contributed by atoms with Crippen molar-refractivity contribution in [1.82, 2.24) is 0 Å². The van der Waals surface area contributed by atoms with Gasteiger partial charge in [0.25, 0.3) is 0 Å². The number of hydrogen-bond acceptors (Lipinski definition) is 1. The van der Waals surface area contributed by atoms with E-state index in [9.17, 15) is 4.79 Å². The number of carbonyl (C=O) groups is 1. The Morgan fingerprint density at radius 1 is 1.07 bits per heavy atom. The second kappa shape index (κ2) is 4.61. The highest BCUT2D eigenvalue weighted by Crippen LogP contribution is 2.35. The largest absolute Gasteiger partial charge is 0.298 e. The molecule has 15 heavy (non-hydrogen) atoms. The molecule has 1 aromatic carbocycles. The molecule has 0 aromatic heterocycles. The van der Waals surface area contributed by atoms with E-state index in [1.54, 1.807) is 0 Å². The zero-order valence-electron chi connectivity index (χ0n) is 9.28. The molecule has 1 heteroatoms. The van der Waals surface area contributed by atoms with E-state index >= 15 is 0 Å². The Kier molecular flexibility index (Phi) is 3.20. The molecule has 80 valence electrons. The van der Waals surface area contributed by atoms with Crippen LogP contribution >= 0.6 is 0 Å². The topological polar surface area (TPSA) is 17.1 Å². The molecule has 0 unspecified atom stereocenters. The number of carbonyl (C=O) groups excluding carboxylic acids is 1. The molecule has 0 saturated heterocycles. The van der Waals surface area contributed by atoms with E-state index in [-0.39, 0.29) is 0 Å². The van der Waals surface area contributed by atoms with Crippen LogP contribution in [0.5, 0.6) is 0 Å². The molecule has 0 bridgehead atoms. The third-order valence-corrected chi connectivity index (χ3v) is 3.56. The molecule has 1 fully saturated rings. The zero-order chi connectivity index (χ0) is 10.7. The molecule has 1 saturated carbocycles. The number of hydrogen-bond donors (Lipinski definition) is 0. The van der Waals surface area contributed by atoms with Crippen LogP contribution in [0.2, 0.25) is 0 Å². The summed E-state index contributed by atoms with van der Waals surface area (Å²) in [5, 5.41) is 0. The van der Waals surface area contributed by atoms with Crippen LogP contribution in [0.15, 0.2) is 24.3 Å². The normalized spacial score (nSPS) is 26.2. The molecule has 0 N–H and O–H groups in total. The lowest BCUT2D eigenvalue weighted by Crippen LogP contribution is -2.10. The average molecular weight is 202 g/mol. The number of rotatable bonds is 2. The molecule has 0 amide bonds. The van der Waals surface area contributed by atoms with Crippen LogP contribution in [0, 0.1) is 5.92 Å². The van der Waals surface area contributed by atoms with Gasteiger partial charge in [-0.05, 0) is 30.2 Å². The minimum atomic E-state index is 0.724. The van der Waals surface area contributed by atoms with Crippen LogP contribution in [0.3, 0.4) is 0 Å². The first-order valence-corrected chi connectivity index (χ1v) is 5.84. The van der Waals surface area contributed by atoms with E-state index in [1.807, 2.05) is 12.1 Å².